The smallest absolute Gasteiger partial charge is 0.155 e. The summed E-state index contributed by atoms with van der Waals surface area (Å²) in [5, 5.41) is 8.86. The zero-order valence-corrected chi connectivity index (χ0v) is 14.3. The molecule has 1 rings (SSSR count). The molecule has 1 aromatic carbocycles. The van der Waals surface area contributed by atoms with Crippen LogP contribution in [0.25, 0.3) is 0 Å². The number of nitriles is 1. The van der Waals surface area contributed by atoms with Crippen LogP contribution < -0.4 is 10.5 Å². The molecule has 4 heteroatoms. The number of unbranched alkanes of at least 4 members (excludes halogenated alkanes) is 6. The second-order valence-corrected chi connectivity index (χ2v) is 6.12. The van der Waals surface area contributed by atoms with Crippen molar-refractivity contribution in [2.75, 3.05) is 12.3 Å². The molecule has 110 valence electrons. The summed E-state index contributed by atoms with van der Waals surface area (Å²) in [6.07, 6.45) is 8.85. The highest BCUT2D eigenvalue weighted by molar-refractivity contribution is 14.1. The molecule has 0 saturated carbocycles. The molecule has 1 aromatic rings. The predicted molar refractivity (Wildman–Crippen MR) is 91.8 cm³/mol. The minimum absolute atomic E-state index is 0.552. The molecule has 3 nitrogen and oxygen atoms in total. The Morgan fingerprint density at radius 3 is 2.40 bits per heavy atom. The van der Waals surface area contributed by atoms with E-state index in [0.717, 1.165) is 15.7 Å². The predicted octanol–water partition coefficient (Wildman–Crippen LogP) is 4.87. The number of hydrogen-bond acceptors (Lipinski definition) is 3. The van der Waals surface area contributed by atoms with Crippen LogP contribution in [0.4, 0.5) is 5.69 Å². The summed E-state index contributed by atoms with van der Waals surface area (Å²) in [5.41, 5.74) is 7.04. The molecule has 2 N–H and O–H groups in total. The highest BCUT2D eigenvalue weighted by Crippen LogP contribution is 2.29. The van der Waals surface area contributed by atoms with Crippen molar-refractivity contribution in [3.05, 3.63) is 21.3 Å². The third-order valence-electron chi connectivity index (χ3n) is 3.20. The average Bonchev–Trinajstić information content (AvgIpc) is 2.43. The maximum atomic E-state index is 8.86. The van der Waals surface area contributed by atoms with E-state index in [1.807, 2.05) is 0 Å². The van der Waals surface area contributed by atoms with Gasteiger partial charge in [0, 0.05) is 0 Å². The summed E-state index contributed by atoms with van der Waals surface area (Å²) in [6.45, 7) is 2.93. The molecule has 0 fully saturated rings. The van der Waals surface area contributed by atoms with Gasteiger partial charge in [-0.3, -0.25) is 0 Å². The molecule has 0 aliphatic rings. The molecule has 20 heavy (non-hydrogen) atoms. The number of nitrogens with two attached hydrogens (primary N) is 1. The number of nitrogen functional groups attached to an aromatic ring is 1. The molecule has 0 unspecified atom stereocenters. The van der Waals surface area contributed by atoms with E-state index in [9.17, 15) is 0 Å². The molecular weight excluding hydrogens is 363 g/mol. The Morgan fingerprint density at radius 1 is 1.15 bits per heavy atom. The van der Waals surface area contributed by atoms with Gasteiger partial charge in [-0.25, -0.2) is 0 Å². The van der Waals surface area contributed by atoms with Crippen LogP contribution in [0.3, 0.4) is 0 Å². The van der Waals surface area contributed by atoms with Gasteiger partial charge in [-0.15, -0.1) is 0 Å². The summed E-state index contributed by atoms with van der Waals surface area (Å²) in [6, 6.07) is 5.57. The molecule has 0 bridgehead atoms. The molecule has 0 spiro atoms. The first-order valence-electron chi connectivity index (χ1n) is 7.31. The Bertz CT molecular complexity index is 431. The van der Waals surface area contributed by atoms with Gasteiger partial charge in [0.15, 0.2) is 5.75 Å². The highest BCUT2D eigenvalue weighted by Gasteiger charge is 2.08. The minimum atomic E-state index is 0.552. The van der Waals surface area contributed by atoms with Crippen molar-refractivity contribution in [2.24, 2.45) is 0 Å². The Labute approximate surface area is 135 Å². The number of hydrogen-bond donors (Lipinski definition) is 1. The van der Waals surface area contributed by atoms with Gasteiger partial charge in [0.2, 0.25) is 0 Å². The Balaban J connectivity index is 2.27. The zero-order valence-electron chi connectivity index (χ0n) is 12.1. The first kappa shape index (κ1) is 17.1. The number of benzene rings is 1. The first-order chi connectivity index (χ1) is 9.69. The van der Waals surface area contributed by atoms with Crippen molar-refractivity contribution in [1.82, 2.24) is 0 Å². The lowest BCUT2D eigenvalue weighted by Gasteiger charge is -2.11. The second kappa shape index (κ2) is 9.87. The summed E-state index contributed by atoms with van der Waals surface area (Å²) in [7, 11) is 0. The molecule has 0 aliphatic carbocycles. The fraction of sp³-hybridized carbons (Fsp3) is 0.562. The lowest BCUT2D eigenvalue weighted by atomic mass is 10.1. The quantitative estimate of drug-likeness (QED) is 0.374. The maximum Gasteiger partial charge on any atom is 0.155 e. The van der Waals surface area contributed by atoms with Crippen LogP contribution in [0.1, 0.15) is 57.4 Å². The fourth-order valence-corrected chi connectivity index (χ4v) is 2.87. The van der Waals surface area contributed by atoms with E-state index < -0.39 is 0 Å². The number of ether oxygens (including phenoxy) is 1. The summed E-state index contributed by atoms with van der Waals surface area (Å²) in [5.74, 6) is 0.718. The molecule has 0 aromatic heterocycles. The van der Waals surface area contributed by atoms with Crippen LogP contribution in [-0.4, -0.2) is 6.61 Å². The molecule has 0 saturated heterocycles. The largest absolute Gasteiger partial charge is 0.490 e. The van der Waals surface area contributed by atoms with Gasteiger partial charge in [-0.2, -0.15) is 5.26 Å². The van der Waals surface area contributed by atoms with Crippen LogP contribution in [0, 0.1) is 14.9 Å². The van der Waals surface area contributed by atoms with Crippen molar-refractivity contribution in [2.45, 2.75) is 51.9 Å². The van der Waals surface area contributed by atoms with Crippen LogP contribution in [0.5, 0.6) is 5.75 Å². The van der Waals surface area contributed by atoms with Crippen molar-refractivity contribution >= 4 is 28.3 Å². The van der Waals surface area contributed by atoms with Gasteiger partial charge in [0.05, 0.1) is 27.5 Å². The molecule has 0 atom stereocenters. The molecule has 0 amide bonds. The summed E-state index contributed by atoms with van der Waals surface area (Å²) in [4.78, 5) is 0. The standard InChI is InChI=1S/C16H23IN2O/c1-2-3-4-5-6-7-8-9-20-16-14(17)10-13(12-18)11-15(16)19/h10-11H,2-9,19H2,1H3. The Kier molecular flexibility index (Phi) is 8.43. The topological polar surface area (TPSA) is 59.0 Å². The highest BCUT2D eigenvalue weighted by atomic mass is 127. The zero-order chi connectivity index (χ0) is 14.8. The van der Waals surface area contributed by atoms with Gasteiger partial charge in [0.25, 0.3) is 0 Å². The van der Waals surface area contributed by atoms with E-state index in [-0.39, 0.29) is 0 Å². The van der Waals surface area contributed by atoms with E-state index in [1.54, 1.807) is 12.1 Å². The van der Waals surface area contributed by atoms with Gasteiger partial charge < -0.3 is 10.5 Å². The third kappa shape index (κ3) is 6.00. The lowest BCUT2D eigenvalue weighted by Crippen LogP contribution is -2.02. The van der Waals surface area contributed by atoms with Gasteiger partial charge in [-0.1, -0.05) is 45.4 Å². The minimum Gasteiger partial charge on any atom is -0.490 e. The fourth-order valence-electron chi connectivity index (χ4n) is 2.06. The van der Waals surface area contributed by atoms with Crippen molar-refractivity contribution < 1.29 is 4.74 Å². The third-order valence-corrected chi connectivity index (χ3v) is 4.00. The molecule has 0 aliphatic heterocycles. The van der Waals surface area contributed by atoms with E-state index in [4.69, 9.17) is 15.7 Å². The van der Waals surface area contributed by atoms with Crippen molar-refractivity contribution in [3.8, 4) is 11.8 Å². The SMILES string of the molecule is CCCCCCCCCOc1c(N)cc(C#N)cc1I. The first-order valence-corrected chi connectivity index (χ1v) is 8.38. The van der Waals surface area contributed by atoms with E-state index >= 15 is 0 Å². The number of rotatable bonds is 9. The average molecular weight is 386 g/mol. The van der Waals surface area contributed by atoms with Gasteiger partial charge in [0.1, 0.15) is 0 Å². The number of nitrogens with zero attached hydrogens (tertiary/aromatic N) is 1. The Morgan fingerprint density at radius 2 is 1.80 bits per heavy atom. The van der Waals surface area contributed by atoms with Gasteiger partial charge in [-0.05, 0) is 41.1 Å². The van der Waals surface area contributed by atoms with Crippen molar-refractivity contribution in [1.29, 1.82) is 5.26 Å². The molecular formula is C16H23IN2O. The maximum absolute atomic E-state index is 8.86. The Hall–Kier alpha value is -0.960. The van der Waals surface area contributed by atoms with E-state index in [0.29, 0.717) is 17.9 Å². The second-order valence-electron chi connectivity index (χ2n) is 4.96. The molecule has 0 radical (unpaired) electrons. The van der Waals surface area contributed by atoms with Crippen LogP contribution in [-0.2, 0) is 0 Å². The van der Waals surface area contributed by atoms with Crippen LogP contribution >= 0.6 is 22.6 Å². The summed E-state index contributed by atoms with van der Waals surface area (Å²) < 4.78 is 6.66. The van der Waals surface area contributed by atoms with Crippen molar-refractivity contribution in [3.63, 3.8) is 0 Å². The monoisotopic (exact) mass is 386 g/mol. The van der Waals surface area contributed by atoms with Crippen LogP contribution in [0.15, 0.2) is 12.1 Å². The normalized spacial score (nSPS) is 10.2. The summed E-state index contributed by atoms with van der Waals surface area (Å²) >= 11 is 2.16. The van der Waals surface area contributed by atoms with Gasteiger partial charge >= 0.3 is 0 Å². The van der Waals surface area contributed by atoms with E-state index in [2.05, 4.69) is 35.6 Å². The van der Waals surface area contributed by atoms with E-state index in [1.165, 1.54) is 38.5 Å². The molecule has 0 heterocycles. The number of anilines is 1. The lowest BCUT2D eigenvalue weighted by molar-refractivity contribution is 0.304. The number of halogens is 1. The van der Waals surface area contributed by atoms with Crippen LogP contribution in [0.2, 0.25) is 0 Å².